The van der Waals surface area contributed by atoms with Crippen LogP contribution >= 0.6 is 11.3 Å². The Kier molecular flexibility index (Phi) is 4.59. The Morgan fingerprint density at radius 3 is 3.00 bits per heavy atom. The number of nitrogens with one attached hydrogen (secondary N) is 1. The van der Waals surface area contributed by atoms with E-state index in [2.05, 4.69) is 15.3 Å². The molecule has 1 aromatic heterocycles. The molecule has 0 saturated heterocycles. The van der Waals surface area contributed by atoms with Crippen molar-refractivity contribution in [3.05, 3.63) is 16.6 Å². The van der Waals surface area contributed by atoms with Gasteiger partial charge in [-0.15, -0.1) is 11.3 Å². The Morgan fingerprint density at radius 1 is 1.55 bits per heavy atom. The number of thiazole rings is 1. The van der Waals surface area contributed by atoms with Crippen molar-refractivity contribution in [1.29, 1.82) is 0 Å². The summed E-state index contributed by atoms with van der Waals surface area (Å²) >= 11 is 1.59. The molecular weight excluding hydrogens is 276 g/mol. The van der Waals surface area contributed by atoms with Crippen molar-refractivity contribution in [2.45, 2.75) is 32.9 Å². The molecule has 7 heteroatoms. The lowest BCUT2D eigenvalue weighted by molar-refractivity contribution is 0.0276. The fourth-order valence-corrected chi connectivity index (χ4v) is 2.28. The van der Waals surface area contributed by atoms with Crippen molar-refractivity contribution in [3.63, 3.8) is 0 Å². The van der Waals surface area contributed by atoms with Gasteiger partial charge >= 0.3 is 6.09 Å². The SMILES string of the molecule is CC(C)(C)OC(=O)N1CCN=C(NCc2nccs2)C1. The minimum absolute atomic E-state index is 0.291. The zero-order valence-electron chi connectivity index (χ0n) is 12.0. The molecule has 0 saturated carbocycles. The van der Waals surface area contributed by atoms with Gasteiger partial charge in [-0.2, -0.15) is 0 Å². The summed E-state index contributed by atoms with van der Waals surface area (Å²) in [5.41, 5.74) is -0.472. The lowest BCUT2D eigenvalue weighted by Crippen LogP contribution is -2.47. The van der Waals surface area contributed by atoms with E-state index in [0.717, 1.165) is 10.8 Å². The molecule has 0 aromatic carbocycles. The van der Waals surface area contributed by atoms with Crippen molar-refractivity contribution in [3.8, 4) is 0 Å². The highest BCUT2D eigenvalue weighted by atomic mass is 32.1. The third-order valence-electron chi connectivity index (χ3n) is 2.59. The van der Waals surface area contributed by atoms with Crippen LogP contribution in [0, 0.1) is 0 Å². The maximum Gasteiger partial charge on any atom is 0.410 e. The zero-order chi connectivity index (χ0) is 14.6. The standard InChI is InChI=1S/C13H20N4O2S/c1-13(2,3)19-12(18)17-6-4-14-10(9-17)16-8-11-15-5-7-20-11/h5,7H,4,6,8-9H2,1-3H3,(H,14,16). The van der Waals surface area contributed by atoms with E-state index in [1.807, 2.05) is 26.2 Å². The topological polar surface area (TPSA) is 66.8 Å². The van der Waals surface area contributed by atoms with Crippen molar-refractivity contribution in [2.24, 2.45) is 4.99 Å². The first-order valence-corrected chi connectivity index (χ1v) is 7.45. The predicted octanol–water partition coefficient (Wildman–Crippen LogP) is 1.88. The van der Waals surface area contributed by atoms with Gasteiger partial charge in [0.15, 0.2) is 0 Å². The normalized spacial score (nSPS) is 15.8. The van der Waals surface area contributed by atoms with E-state index >= 15 is 0 Å². The molecule has 1 aliphatic rings. The van der Waals surface area contributed by atoms with Crippen LogP contribution in [0.3, 0.4) is 0 Å². The van der Waals surface area contributed by atoms with Crippen LogP contribution in [0.5, 0.6) is 0 Å². The molecule has 6 nitrogen and oxygen atoms in total. The number of carbonyl (C=O) groups is 1. The van der Waals surface area contributed by atoms with Crippen molar-refractivity contribution in [2.75, 3.05) is 19.6 Å². The van der Waals surface area contributed by atoms with Gasteiger partial charge in [-0.3, -0.25) is 9.89 Å². The molecule has 2 heterocycles. The van der Waals surface area contributed by atoms with Gasteiger partial charge in [0.2, 0.25) is 0 Å². The van der Waals surface area contributed by atoms with E-state index in [-0.39, 0.29) is 6.09 Å². The summed E-state index contributed by atoms with van der Waals surface area (Å²) in [7, 11) is 0. The quantitative estimate of drug-likeness (QED) is 0.905. The van der Waals surface area contributed by atoms with Crippen LogP contribution in [0.15, 0.2) is 16.6 Å². The van der Waals surface area contributed by atoms with Gasteiger partial charge < -0.3 is 10.1 Å². The van der Waals surface area contributed by atoms with Crippen molar-refractivity contribution >= 4 is 23.3 Å². The van der Waals surface area contributed by atoms with Crippen LogP contribution < -0.4 is 5.32 Å². The molecule has 0 radical (unpaired) electrons. The van der Waals surface area contributed by atoms with E-state index in [0.29, 0.717) is 26.2 Å². The van der Waals surface area contributed by atoms with E-state index in [1.54, 1.807) is 22.4 Å². The molecule has 1 N–H and O–H groups in total. The van der Waals surface area contributed by atoms with Crippen LogP contribution in [0.1, 0.15) is 25.8 Å². The van der Waals surface area contributed by atoms with Crippen LogP contribution in [0.2, 0.25) is 0 Å². The molecule has 0 aliphatic carbocycles. The highest BCUT2D eigenvalue weighted by Crippen LogP contribution is 2.11. The number of carbonyl (C=O) groups excluding carboxylic acids is 1. The summed E-state index contributed by atoms with van der Waals surface area (Å²) in [5, 5.41) is 6.16. The highest BCUT2D eigenvalue weighted by molar-refractivity contribution is 7.09. The maximum atomic E-state index is 12.0. The molecule has 0 unspecified atom stereocenters. The van der Waals surface area contributed by atoms with Gasteiger partial charge in [-0.05, 0) is 20.8 Å². The zero-order valence-corrected chi connectivity index (χ0v) is 12.9. The molecule has 20 heavy (non-hydrogen) atoms. The Bertz CT molecular complexity index is 479. The maximum absolute atomic E-state index is 12.0. The smallest absolute Gasteiger partial charge is 0.410 e. The molecule has 110 valence electrons. The summed E-state index contributed by atoms with van der Waals surface area (Å²) < 4.78 is 5.37. The van der Waals surface area contributed by atoms with E-state index in [9.17, 15) is 4.79 Å². The Balaban J connectivity index is 1.84. The molecular formula is C13H20N4O2S. The molecule has 2 rings (SSSR count). The molecule has 0 spiro atoms. The number of hydrogen-bond acceptors (Lipinski definition) is 6. The Labute approximate surface area is 122 Å². The van der Waals surface area contributed by atoms with Gasteiger partial charge in [0.25, 0.3) is 0 Å². The lowest BCUT2D eigenvalue weighted by Gasteiger charge is -2.29. The second-order valence-corrected chi connectivity index (χ2v) is 6.49. The van der Waals surface area contributed by atoms with Gasteiger partial charge in [0.05, 0.1) is 19.6 Å². The molecule has 1 aliphatic heterocycles. The first-order chi connectivity index (χ1) is 9.44. The average Bonchev–Trinajstić information content (AvgIpc) is 2.88. The molecule has 1 aromatic rings. The molecule has 0 atom stereocenters. The first kappa shape index (κ1) is 14.8. The van der Waals surface area contributed by atoms with Crippen LogP contribution in [0.25, 0.3) is 0 Å². The minimum atomic E-state index is -0.472. The van der Waals surface area contributed by atoms with E-state index < -0.39 is 5.60 Å². The summed E-state index contributed by atoms with van der Waals surface area (Å²) in [6, 6.07) is 0. The summed E-state index contributed by atoms with van der Waals surface area (Å²) in [4.78, 5) is 22.3. The monoisotopic (exact) mass is 296 g/mol. The number of rotatable bonds is 2. The van der Waals surface area contributed by atoms with Crippen LogP contribution in [-0.4, -0.2) is 47.0 Å². The van der Waals surface area contributed by atoms with Gasteiger partial charge in [-0.25, -0.2) is 9.78 Å². The van der Waals surface area contributed by atoms with Gasteiger partial charge in [0.1, 0.15) is 16.4 Å². The fraction of sp³-hybridized carbons (Fsp3) is 0.615. The molecule has 0 bridgehead atoms. The summed E-state index contributed by atoms with van der Waals surface area (Å²) in [6.07, 6.45) is 1.48. The lowest BCUT2D eigenvalue weighted by atomic mass is 10.2. The van der Waals surface area contributed by atoms with E-state index in [4.69, 9.17) is 4.74 Å². The second kappa shape index (κ2) is 6.21. The van der Waals surface area contributed by atoms with E-state index in [1.165, 1.54) is 0 Å². The third-order valence-corrected chi connectivity index (χ3v) is 3.37. The number of aliphatic imine (C=N–C) groups is 1. The number of aromatic nitrogens is 1. The third kappa shape index (κ3) is 4.48. The number of amidine groups is 1. The minimum Gasteiger partial charge on any atom is -0.444 e. The number of amides is 1. The fourth-order valence-electron chi connectivity index (χ4n) is 1.73. The summed E-state index contributed by atoms with van der Waals surface area (Å²) in [5.74, 6) is 0.803. The molecule has 1 amide bonds. The highest BCUT2D eigenvalue weighted by Gasteiger charge is 2.24. The largest absolute Gasteiger partial charge is 0.444 e. The Morgan fingerprint density at radius 2 is 2.35 bits per heavy atom. The predicted molar refractivity (Wildman–Crippen MR) is 79.1 cm³/mol. The number of nitrogens with zero attached hydrogens (tertiary/aromatic N) is 3. The van der Waals surface area contributed by atoms with Crippen LogP contribution in [-0.2, 0) is 11.3 Å². The first-order valence-electron chi connectivity index (χ1n) is 6.57. The van der Waals surface area contributed by atoms with Crippen LogP contribution in [0.4, 0.5) is 4.79 Å². The van der Waals surface area contributed by atoms with Gasteiger partial charge in [-0.1, -0.05) is 0 Å². The number of ether oxygens (including phenoxy) is 1. The van der Waals surface area contributed by atoms with Crippen molar-refractivity contribution < 1.29 is 9.53 Å². The second-order valence-electron chi connectivity index (χ2n) is 5.51. The van der Waals surface area contributed by atoms with Gasteiger partial charge in [0, 0.05) is 18.1 Å². The van der Waals surface area contributed by atoms with Crippen molar-refractivity contribution in [1.82, 2.24) is 15.2 Å². The molecule has 0 fully saturated rings. The number of hydrogen-bond donors (Lipinski definition) is 1. The summed E-state index contributed by atoms with van der Waals surface area (Å²) in [6.45, 7) is 7.88. The average molecular weight is 296 g/mol. The Hall–Kier alpha value is -1.63.